The third-order valence-corrected chi connectivity index (χ3v) is 6.58. The Bertz CT molecular complexity index is 1060. The number of aromatic nitrogens is 3. The van der Waals surface area contributed by atoms with Crippen molar-refractivity contribution >= 4 is 5.91 Å². The van der Waals surface area contributed by atoms with E-state index in [1.54, 1.807) is 13.3 Å². The third-order valence-electron chi connectivity index (χ3n) is 6.58. The lowest BCUT2D eigenvalue weighted by Crippen LogP contribution is -2.32. The van der Waals surface area contributed by atoms with Gasteiger partial charge in [-0.15, -0.1) is 0 Å². The summed E-state index contributed by atoms with van der Waals surface area (Å²) in [5.41, 5.74) is 4.20. The molecule has 30 heavy (non-hydrogen) atoms. The maximum absolute atomic E-state index is 12.5. The van der Waals surface area contributed by atoms with Crippen LogP contribution in [-0.2, 0) is 11.3 Å². The van der Waals surface area contributed by atoms with Gasteiger partial charge in [-0.25, -0.2) is 0 Å². The van der Waals surface area contributed by atoms with E-state index >= 15 is 0 Å². The van der Waals surface area contributed by atoms with Crippen molar-refractivity contribution in [2.45, 2.75) is 32.2 Å². The van der Waals surface area contributed by atoms with E-state index in [0.717, 1.165) is 34.7 Å². The largest absolute Gasteiger partial charge is 0.497 e. The van der Waals surface area contributed by atoms with Gasteiger partial charge in [-0.3, -0.25) is 14.5 Å². The number of benzene rings is 1. The van der Waals surface area contributed by atoms with Crippen LogP contribution in [0.3, 0.4) is 0 Å². The van der Waals surface area contributed by atoms with Gasteiger partial charge in [0.25, 0.3) is 0 Å². The number of nitrogens with one attached hydrogen (secondary N) is 1. The normalized spacial score (nSPS) is 18.6. The molecule has 3 aromatic rings. The first-order chi connectivity index (χ1) is 14.7. The average molecular weight is 402 g/mol. The van der Waals surface area contributed by atoms with Crippen LogP contribution in [0.4, 0.5) is 0 Å². The number of methoxy groups -OCH3 is 1. The van der Waals surface area contributed by atoms with Crippen molar-refractivity contribution in [3.63, 3.8) is 0 Å². The molecule has 2 heterocycles. The number of rotatable bonds is 7. The predicted octanol–water partition coefficient (Wildman–Crippen LogP) is 3.93. The minimum atomic E-state index is 0.206. The molecule has 1 unspecified atom stereocenters. The first kappa shape index (κ1) is 18.9. The molecule has 0 saturated heterocycles. The first-order valence-corrected chi connectivity index (χ1v) is 10.6. The van der Waals surface area contributed by atoms with Gasteiger partial charge in [0.1, 0.15) is 5.75 Å². The summed E-state index contributed by atoms with van der Waals surface area (Å²) in [4.78, 5) is 16.7. The summed E-state index contributed by atoms with van der Waals surface area (Å²) in [5.74, 6) is 1.24. The highest BCUT2D eigenvalue weighted by atomic mass is 16.5. The van der Waals surface area contributed by atoms with Gasteiger partial charge in [0, 0.05) is 36.0 Å². The number of carbonyl (C=O) groups excluding carboxylic acids is 1. The number of pyridine rings is 1. The van der Waals surface area contributed by atoms with Crippen LogP contribution in [0.1, 0.15) is 25.7 Å². The molecule has 154 valence electrons. The maximum atomic E-state index is 12.5. The zero-order valence-corrected chi connectivity index (χ0v) is 17.2. The van der Waals surface area contributed by atoms with E-state index in [0.29, 0.717) is 18.5 Å². The van der Waals surface area contributed by atoms with E-state index in [1.165, 1.54) is 19.3 Å². The number of nitrogens with zero attached hydrogens (tertiary/aromatic N) is 3. The van der Waals surface area contributed by atoms with Crippen LogP contribution in [0, 0.1) is 11.3 Å². The number of hydrogen-bond donors (Lipinski definition) is 1. The van der Waals surface area contributed by atoms with Crippen molar-refractivity contribution in [2.75, 3.05) is 13.7 Å². The first-order valence-electron chi connectivity index (χ1n) is 10.6. The lowest BCUT2D eigenvalue weighted by Gasteiger charge is -2.26. The summed E-state index contributed by atoms with van der Waals surface area (Å²) in [7, 11) is 1.67. The minimum absolute atomic E-state index is 0.206. The molecule has 0 aliphatic heterocycles. The molecule has 0 radical (unpaired) electrons. The molecule has 6 nitrogen and oxygen atoms in total. The van der Waals surface area contributed by atoms with Crippen LogP contribution in [0.15, 0.2) is 54.9 Å². The third kappa shape index (κ3) is 3.47. The Morgan fingerprint density at radius 1 is 1.23 bits per heavy atom. The average Bonchev–Trinajstić information content (AvgIpc) is 3.41. The van der Waals surface area contributed by atoms with E-state index in [1.807, 2.05) is 47.3 Å². The Balaban J connectivity index is 1.35. The highest BCUT2D eigenvalue weighted by molar-refractivity contribution is 5.82. The molecule has 1 aromatic carbocycles. The van der Waals surface area contributed by atoms with Crippen molar-refractivity contribution in [3.8, 4) is 28.3 Å². The number of hydrogen-bond acceptors (Lipinski definition) is 4. The molecule has 2 aliphatic rings. The molecule has 1 spiro atoms. The summed E-state index contributed by atoms with van der Waals surface area (Å²) < 4.78 is 7.35. The number of carbonyl (C=O) groups is 1. The fourth-order valence-electron chi connectivity index (χ4n) is 4.57. The molecule has 2 aromatic heterocycles. The van der Waals surface area contributed by atoms with E-state index in [9.17, 15) is 4.79 Å². The fourth-order valence-corrected chi connectivity index (χ4v) is 4.57. The number of ether oxygens (including phenoxy) is 1. The highest BCUT2D eigenvalue weighted by Crippen LogP contribution is 2.65. The van der Waals surface area contributed by atoms with Gasteiger partial charge in [-0.2, -0.15) is 5.10 Å². The van der Waals surface area contributed by atoms with Crippen molar-refractivity contribution in [1.82, 2.24) is 20.1 Å². The molecule has 1 amide bonds. The minimum Gasteiger partial charge on any atom is -0.497 e. The summed E-state index contributed by atoms with van der Waals surface area (Å²) in [5, 5.41) is 7.94. The molecular formula is C24H26N4O2. The zero-order chi connectivity index (χ0) is 20.6. The lowest BCUT2D eigenvalue weighted by atomic mass is 9.80. The van der Waals surface area contributed by atoms with Gasteiger partial charge in [0.2, 0.25) is 5.91 Å². The Labute approximate surface area is 176 Å². The SMILES string of the molecule is COc1cccc(-c2cc(-c3cccnc3)nn2CCNC(=O)C2CC23CCC3)c1. The molecular weight excluding hydrogens is 376 g/mol. The highest BCUT2D eigenvalue weighted by Gasteiger charge is 2.60. The van der Waals surface area contributed by atoms with E-state index in [4.69, 9.17) is 9.84 Å². The quantitative estimate of drug-likeness (QED) is 0.650. The lowest BCUT2D eigenvalue weighted by molar-refractivity contribution is -0.123. The fraction of sp³-hybridized carbons (Fsp3) is 0.375. The van der Waals surface area contributed by atoms with Gasteiger partial charge < -0.3 is 10.1 Å². The number of amides is 1. The molecule has 2 saturated carbocycles. The van der Waals surface area contributed by atoms with Crippen LogP contribution in [-0.4, -0.2) is 34.3 Å². The van der Waals surface area contributed by atoms with Gasteiger partial charge in [-0.1, -0.05) is 18.6 Å². The van der Waals surface area contributed by atoms with Crippen LogP contribution < -0.4 is 10.1 Å². The van der Waals surface area contributed by atoms with Crippen molar-refractivity contribution in [3.05, 3.63) is 54.9 Å². The van der Waals surface area contributed by atoms with E-state index in [-0.39, 0.29) is 11.8 Å². The topological polar surface area (TPSA) is 69.0 Å². The molecule has 2 fully saturated rings. The second-order valence-corrected chi connectivity index (χ2v) is 8.38. The summed E-state index contributed by atoms with van der Waals surface area (Å²) in [6.07, 6.45) is 8.36. The van der Waals surface area contributed by atoms with Gasteiger partial charge in [-0.05, 0) is 55.0 Å². The molecule has 2 aliphatic carbocycles. The Kier molecular flexibility index (Phi) is 4.77. The zero-order valence-electron chi connectivity index (χ0n) is 17.2. The van der Waals surface area contributed by atoms with E-state index in [2.05, 4.69) is 16.4 Å². The van der Waals surface area contributed by atoms with Crippen molar-refractivity contribution in [2.24, 2.45) is 11.3 Å². The smallest absolute Gasteiger partial charge is 0.223 e. The van der Waals surface area contributed by atoms with Crippen LogP contribution in [0.2, 0.25) is 0 Å². The van der Waals surface area contributed by atoms with Crippen LogP contribution in [0.5, 0.6) is 5.75 Å². The summed E-state index contributed by atoms with van der Waals surface area (Å²) >= 11 is 0. The van der Waals surface area contributed by atoms with Crippen molar-refractivity contribution < 1.29 is 9.53 Å². The Hall–Kier alpha value is -3.15. The Morgan fingerprint density at radius 2 is 2.10 bits per heavy atom. The Morgan fingerprint density at radius 3 is 2.80 bits per heavy atom. The monoisotopic (exact) mass is 402 g/mol. The van der Waals surface area contributed by atoms with Crippen LogP contribution >= 0.6 is 0 Å². The van der Waals surface area contributed by atoms with Crippen LogP contribution in [0.25, 0.3) is 22.5 Å². The maximum Gasteiger partial charge on any atom is 0.223 e. The second kappa shape index (κ2) is 7.59. The molecule has 1 N–H and O–H groups in total. The molecule has 1 atom stereocenters. The summed E-state index contributed by atoms with van der Waals surface area (Å²) in [6, 6.07) is 13.9. The van der Waals surface area contributed by atoms with Gasteiger partial charge >= 0.3 is 0 Å². The molecule has 5 rings (SSSR count). The molecule has 6 heteroatoms. The summed E-state index contributed by atoms with van der Waals surface area (Å²) in [6.45, 7) is 1.18. The predicted molar refractivity (Wildman–Crippen MR) is 115 cm³/mol. The molecule has 0 bridgehead atoms. The van der Waals surface area contributed by atoms with Crippen molar-refractivity contribution in [1.29, 1.82) is 0 Å². The standard InChI is InChI=1S/C24H26N4O2/c1-30-19-7-2-5-17(13-19)22-14-21(18-6-3-10-25-16-18)27-28(22)12-11-26-23(29)20-15-24(20)8-4-9-24/h2-3,5-7,10,13-14,16,20H,4,8-9,11-12,15H2,1H3,(H,26,29). The van der Waals surface area contributed by atoms with Gasteiger partial charge in [0.15, 0.2) is 0 Å². The van der Waals surface area contributed by atoms with Gasteiger partial charge in [0.05, 0.1) is 25.0 Å². The second-order valence-electron chi connectivity index (χ2n) is 8.38. The van der Waals surface area contributed by atoms with E-state index < -0.39 is 0 Å².